The molecule has 3 nitrogen and oxygen atoms in total. The van der Waals surface area contributed by atoms with Crippen LogP contribution in [0.1, 0.15) is 52.9 Å². The van der Waals surface area contributed by atoms with Gasteiger partial charge in [-0.3, -0.25) is 0 Å². The fourth-order valence-corrected chi connectivity index (χ4v) is 3.32. The molecule has 3 heteroatoms. The molecule has 0 aromatic heterocycles. The van der Waals surface area contributed by atoms with Crippen molar-refractivity contribution in [3.8, 4) is 0 Å². The molecule has 0 aromatic carbocycles. The summed E-state index contributed by atoms with van der Waals surface area (Å²) in [6.07, 6.45) is 6.23. The molecule has 1 N–H and O–H groups in total. The largest absolute Gasteiger partial charge is 0.381 e. The Hall–Kier alpha value is -0.120. The number of hydrogen-bond acceptors (Lipinski definition) is 3. The highest BCUT2D eigenvalue weighted by molar-refractivity contribution is 4.83. The average molecular weight is 284 g/mol. The lowest BCUT2D eigenvalue weighted by Gasteiger charge is -2.37. The molecule has 1 heterocycles. The fraction of sp³-hybridized carbons (Fsp3) is 1.00. The predicted octanol–water partition coefficient (Wildman–Crippen LogP) is 3.15. The molecular formula is C17H36N2O. The van der Waals surface area contributed by atoms with Crippen LogP contribution in [-0.4, -0.2) is 51.3 Å². The van der Waals surface area contributed by atoms with Crippen molar-refractivity contribution in [2.45, 2.75) is 52.9 Å². The summed E-state index contributed by atoms with van der Waals surface area (Å²) in [5.74, 6) is 0.837. The van der Waals surface area contributed by atoms with E-state index in [1.807, 2.05) is 0 Å². The highest BCUT2D eigenvalue weighted by Crippen LogP contribution is 2.27. The van der Waals surface area contributed by atoms with E-state index in [-0.39, 0.29) is 0 Å². The SMILES string of the molecule is CCCNCC(CC)(CC)CN(C)CC1CCOCC1. The van der Waals surface area contributed by atoms with E-state index in [4.69, 9.17) is 4.74 Å². The Morgan fingerprint density at radius 2 is 1.80 bits per heavy atom. The van der Waals surface area contributed by atoms with E-state index in [9.17, 15) is 0 Å². The highest BCUT2D eigenvalue weighted by Gasteiger charge is 2.28. The molecule has 1 saturated heterocycles. The number of nitrogens with zero attached hydrogens (tertiary/aromatic N) is 1. The molecule has 1 aliphatic rings. The van der Waals surface area contributed by atoms with Crippen LogP contribution in [0.25, 0.3) is 0 Å². The van der Waals surface area contributed by atoms with Gasteiger partial charge in [0, 0.05) is 32.8 Å². The second-order valence-electron chi connectivity index (χ2n) is 6.64. The van der Waals surface area contributed by atoms with Crippen molar-refractivity contribution in [3.63, 3.8) is 0 Å². The van der Waals surface area contributed by atoms with Gasteiger partial charge in [0.2, 0.25) is 0 Å². The highest BCUT2D eigenvalue weighted by atomic mass is 16.5. The second-order valence-corrected chi connectivity index (χ2v) is 6.64. The Kier molecular flexibility index (Phi) is 8.74. The number of rotatable bonds is 10. The maximum absolute atomic E-state index is 5.46. The Morgan fingerprint density at radius 1 is 1.15 bits per heavy atom. The molecule has 0 amide bonds. The molecule has 1 fully saturated rings. The molecule has 120 valence electrons. The fourth-order valence-electron chi connectivity index (χ4n) is 3.32. The maximum Gasteiger partial charge on any atom is 0.0469 e. The summed E-state index contributed by atoms with van der Waals surface area (Å²) in [5.41, 5.74) is 0.440. The average Bonchev–Trinajstić information content (AvgIpc) is 2.47. The van der Waals surface area contributed by atoms with Crippen LogP contribution in [0.2, 0.25) is 0 Å². The summed E-state index contributed by atoms with van der Waals surface area (Å²) in [4.78, 5) is 2.57. The monoisotopic (exact) mass is 284 g/mol. The van der Waals surface area contributed by atoms with E-state index < -0.39 is 0 Å². The molecule has 0 atom stereocenters. The molecular weight excluding hydrogens is 248 g/mol. The van der Waals surface area contributed by atoms with Crippen molar-refractivity contribution in [3.05, 3.63) is 0 Å². The molecule has 0 unspecified atom stereocenters. The van der Waals surface area contributed by atoms with Crippen LogP contribution in [0.5, 0.6) is 0 Å². The smallest absolute Gasteiger partial charge is 0.0469 e. The van der Waals surface area contributed by atoms with Crippen LogP contribution >= 0.6 is 0 Å². The molecule has 20 heavy (non-hydrogen) atoms. The molecule has 0 bridgehead atoms. The van der Waals surface area contributed by atoms with Crippen molar-refractivity contribution in [1.82, 2.24) is 10.2 Å². The molecule has 0 aliphatic carbocycles. The Balaban J connectivity index is 2.41. The lowest BCUT2D eigenvalue weighted by atomic mass is 9.81. The minimum Gasteiger partial charge on any atom is -0.381 e. The van der Waals surface area contributed by atoms with E-state index in [0.717, 1.165) is 32.2 Å². The summed E-state index contributed by atoms with van der Waals surface area (Å²) >= 11 is 0. The van der Waals surface area contributed by atoms with Crippen molar-refractivity contribution in [2.24, 2.45) is 11.3 Å². The number of nitrogens with one attached hydrogen (secondary N) is 1. The van der Waals surface area contributed by atoms with E-state index in [2.05, 4.69) is 38.0 Å². The van der Waals surface area contributed by atoms with Gasteiger partial charge in [-0.15, -0.1) is 0 Å². The van der Waals surface area contributed by atoms with E-state index in [0.29, 0.717) is 5.41 Å². The molecule has 1 aliphatic heterocycles. The maximum atomic E-state index is 5.46. The van der Waals surface area contributed by atoms with Crippen LogP contribution in [0, 0.1) is 11.3 Å². The van der Waals surface area contributed by atoms with E-state index in [1.54, 1.807) is 0 Å². The van der Waals surface area contributed by atoms with Gasteiger partial charge in [0.15, 0.2) is 0 Å². The van der Waals surface area contributed by atoms with Crippen LogP contribution in [0.4, 0.5) is 0 Å². The van der Waals surface area contributed by atoms with Gasteiger partial charge in [-0.05, 0) is 57.0 Å². The first-order chi connectivity index (χ1) is 9.65. The van der Waals surface area contributed by atoms with Crippen molar-refractivity contribution in [2.75, 3.05) is 46.4 Å². The zero-order valence-corrected chi connectivity index (χ0v) is 14.2. The number of ether oxygens (including phenoxy) is 1. The normalized spacial score (nSPS) is 17.9. The molecule has 1 rings (SSSR count). The van der Waals surface area contributed by atoms with Crippen LogP contribution in [0.15, 0.2) is 0 Å². The predicted molar refractivity (Wildman–Crippen MR) is 87.2 cm³/mol. The summed E-state index contributed by atoms with van der Waals surface area (Å²) in [5, 5.41) is 3.64. The van der Waals surface area contributed by atoms with Gasteiger partial charge in [-0.1, -0.05) is 20.8 Å². The minimum atomic E-state index is 0.440. The minimum absolute atomic E-state index is 0.440. The first-order valence-corrected chi connectivity index (χ1v) is 8.62. The van der Waals surface area contributed by atoms with E-state index in [1.165, 1.54) is 45.2 Å². The van der Waals surface area contributed by atoms with Gasteiger partial charge in [-0.2, -0.15) is 0 Å². The van der Waals surface area contributed by atoms with Gasteiger partial charge in [0.05, 0.1) is 0 Å². The molecule has 0 aromatic rings. The zero-order valence-electron chi connectivity index (χ0n) is 14.2. The second kappa shape index (κ2) is 9.75. The number of hydrogen-bond donors (Lipinski definition) is 1. The quantitative estimate of drug-likeness (QED) is 0.624. The van der Waals surface area contributed by atoms with Crippen molar-refractivity contribution in [1.29, 1.82) is 0 Å². The summed E-state index contributed by atoms with van der Waals surface area (Å²) < 4.78 is 5.46. The van der Waals surface area contributed by atoms with Gasteiger partial charge >= 0.3 is 0 Å². The van der Waals surface area contributed by atoms with Crippen LogP contribution in [-0.2, 0) is 4.74 Å². The van der Waals surface area contributed by atoms with Gasteiger partial charge < -0.3 is 15.0 Å². The van der Waals surface area contributed by atoms with E-state index >= 15 is 0 Å². The topological polar surface area (TPSA) is 24.5 Å². The zero-order chi connectivity index (χ0) is 14.8. The Morgan fingerprint density at radius 3 is 2.35 bits per heavy atom. The lowest BCUT2D eigenvalue weighted by Crippen LogP contribution is -2.44. The van der Waals surface area contributed by atoms with Crippen molar-refractivity contribution < 1.29 is 4.74 Å². The van der Waals surface area contributed by atoms with Gasteiger partial charge in [0.1, 0.15) is 0 Å². The first kappa shape index (κ1) is 17.9. The molecule has 0 spiro atoms. The van der Waals surface area contributed by atoms with Gasteiger partial charge in [0.25, 0.3) is 0 Å². The molecule has 0 saturated carbocycles. The van der Waals surface area contributed by atoms with Crippen LogP contribution < -0.4 is 5.32 Å². The molecule has 0 radical (unpaired) electrons. The summed E-state index contributed by atoms with van der Waals surface area (Å²) in [7, 11) is 2.30. The third-order valence-electron chi connectivity index (χ3n) is 4.94. The standard InChI is InChI=1S/C17H36N2O/c1-5-10-18-14-17(6-2,7-3)15-19(4)13-16-8-11-20-12-9-16/h16,18H,5-15H2,1-4H3. The van der Waals surface area contributed by atoms with Crippen molar-refractivity contribution >= 4 is 0 Å². The Bertz CT molecular complexity index is 235. The van der Waals surface area contributed by atoms with Gasteiger partial charge in [-0.25, -0.2) is 0 Å². The third kappa shape index (κ3) is 6.11. The first-order valence-electron chi connectivity index (χ1n) is 8.62. The summed E-state index contributed by atoms with van der Waals surface area (Å²) in [6.45, 7) is 13.6. The lowest BCUT2D eigenvalue weighted by molar-refractivity contribution is 0.0482. The third-order valence-corrected chi connectivity index (χ3v) is 4.94. The summed E-state index contributed by atoms with van der Waals surface area (Å²) in [6, 6.07) is 0. The Labute approximate surface area is 126 Å². The van der Waals surface area contributed by atoms with Crippen LogP contribution in [0.3, 0.4) is 0 Å².